The van der Waals surface area contributed by atoms with Crippen LogP contribution in [0.25, 0.3) is 5.76 Å². The highest BCUT2D eigenvalue weighted by atomic mass is 35.5. The number of anilines is 1. The van der Waals surface area contributed by atoms with Gasteiger partial charge >= 0.3 is 5.91 Å². The molecular weight excluding hydrogens is 450 g/mol. The molecule has 7 nitrogen and oxygen atoms in total. The van der Waals surface area contributed by atoms with Crippen LogP contribution < -0.4 is 9.64 Å². The molecule has 2 aliphatic rings. The first-order chi connectivity index (χ1) is 15.3. The molecule has 2 aromatic carbocycles. The topological polar surface area (TPSA) is 92.6 Å². The van der Waals surface area contributed by atoms with Crippen molar-refractivity contribution in [1.29, 1.82) is 0 Å². The van der Waals surface area contributed by atoms with Crippen LogP contribution in [0, 0.1) is 6.92 Å². The molecule has 1 saturated heterocycles. The first-order valence-electron chi connectivity index (χ1n) is 10.00. The highest BCUT2D eigenvalue weighted by Crippen LogP contribution is 2.43. The normalized spacial score (nSPS) is 21.7. The Morgan fingerprint density at radius 1 is 1.19 bits per heavy atom. The van der Waals surface area contributed by atoms with Crippen LogP contribution >= 0.6 is 22.9 Å². The number of aryl methyl sites for hydroxylation is 1. The smallest absolute Gasteiger partial charge is 0.301 e. The average molecular weight is 468 g/mol. The highest BCUT2D eigenvalue weighted by Gasteiger charge is 2.48. The summed E-state index contributed by atoms with van der Waals surface area (Å²) in [5.41, 5.74) is 2.02. The van der Waals surface area contributed by atoms with E-state index in [0.29, 0.717) is 32.7 Å². The predicted molar refractivity (Wildman–Crippen MR) is 121 cm³/mol. The first-order valence-corrected chi connectivity index (χ1v) is 11.2. The number of fused-ring (bicyclic) bond motifs is 1. The SMILES string of the molecule is Cc1nnc(N2C(=O)C(=O)C(=C(O)c3ccc4c(c3)C[C@H](C)O4)[C@@H]2c2ccc(Cl)cc2)s1. The van der Waals surface area contributed by atoms with Gasteiger partial charge in [0.2, 0.25) is 5.13 Å². The Hall–Kier alpha value is -3.23. The van der Waals surface area contributed by atoms with E-state index >= 15 is 0 Å². The van der Waals surface area contributed by atoms with Crippen LogP contribution in [-0.4, -0.2) is 33.1 Å². The van der Waals surface area contributed by atoms with Gasteiger partial charge in [-0.2, -0.15) is 0 Å². The van der Waals surface area contributed by atoms with Crippen molar-refractivity contribution in [1.82, 2.24) is 10.2 Å². The van der Waals surface area contributed by atoms with Crippen LogP contribution in [0.1, 0.15) is 34.7 Å². The minimum absolute atomic E-state index is 0.00270. The van der Waals surface area contributed by atoms with Gasteiger partial charge in [0, 0.05) is 17.0 Å². The number of nitrogens with zero attached hydrogens (tertiary/aromatic N) is 3. The molecule has 2 atom stereocenters. The molecule has 3 aromatic rings. The Labute approximate surface area is 192 Å². The number of hydrogen-bond acceptors (Lipinski definition) is 7. The number of ether oxygens (including phenoxy) is 1. The van der Waals surface area contributed by atoms with Crippen molar-refractivity contribution >= 4 is 45.5 Å². The van der Waals surface area contributed by atoms with E-state index in [2.05, 4.69) is 10.2 Å². The zero-order chi connectivity index (χ0) is 22.6. The Balaban J connectivity index is 1.68. The minimum atomic E-state index is -0.858. The fraction of sp³-hybridized carbons (Fsp3) is 0.217. The number of carbonyl (C=O) groups is 2. The molecule has 1 aromatic heterocycles. The second kappa shape index (κ2) is 7.72. The Bertz CT molecular complexity index is 1280. The summed E-state index contributed by atoms with van der Waals surface area (Å²) in [6, 6.07) is 11.2. The van der Waals surface area contributed by atoms with Gasteiger partial charge in [-0.3, -0.25) is 14.5 Å². The lowest BCUT2D eigenvalue weighted by atomic mass is 9.94. The van der Waals surface area contributed by atoms with E-state index in [1.165, 1.54) is 16.2 Å². The van der Waals surface area contributed by atoms with Gasteiger partial charge in [-0.05, 0) is 55.3 Å². The van der Waals surface area contributed by atoms with Crippen LogP contribution in [0.4, 0.5) is 5.13 Å². The summed E-state index contributed by atoms with van der Waals surface area (Å²) in [7, 11) is 0. The van der Waals surface area contributed by atoms with Gasteiger partial charge in [-0.25, -0.2) is 0 Å². The van der Waals surface area contributed by atoms with Gasteiger partial charge in [0.05, 0.1) is 11.6 Å². The van der Waals surface area contributed by atoms with E-state index in [-0.39, 0.29) is 17.4 Å². The van der Waals surface area contributed by atoms with E-state index < -0.39 is 17.7 Å². The third kappa shape index (κ3) is 3.36. The van der Waals surface area contributed by atoms with Crippen LogP contribution in [0.5, 0.6) is 5.75 Å². The van der Waals surface area contributed by atoms with Gasteiger partial charge in [0.1, 0.15) is 22.6 Å². The fourth-order valence-electron chi connectivity index (χ4n) is 4.10. The lowest BCUT2D eigenvalue weighted by Gasteiger charge is -2.22. The molecule has 0 aliphatic carbocycles. The van der Waals surface area contributed by atoms with Gasteiger partial charge in [-0.15, -0.1) is 10.2 Å². The molecule has 5 rings (SSSR count). The molecule has 0 spiro atoms. The van der Waals surface area contributed by atoms with Crippen molar-refractivity contribution in [3.05, 3.63) is 74.8 Å². The van der Waals surface area contributed by atoms with Crippen molar-refractivity contribution in [2.75, 3.05) is 4.90 Å². The van der Waals surface area contributed by atoms with Gasteiger partial charge in [-0.1, -0.05) is 35.1 Å². The molecule has 2 aliphatic heterocycles. The summed E-state index contributed by atoms with van der Waals surface area (Å²) in [6.45, 7) is 3.73. The first kappa shape index (κ1) is 20.7. The van der Waals surface area contributed by atoms with Crippen molar-refractivity contribution in [2.24, 2.45) is 0 Å². The molecule has 162 valence electrons. The second-order valence-corrected chi connectivity index (χ2v) is 9.38. The molecule has 1 fully saturated rings. The Morgan fingerprint density at radius 3 is 2.62 bits per heavy atom. The summed E-state index contributed by atoms with van der Waals surface area (Å²) in [4.78, 5) is 27.5. The van der Waals surface area contributed by atoms with Crippen LogP contribution in [0.2, 0.25) is 5.02 Å². The highest BCUT2D eigenvalue weighted by molar-refractivity contribution is 7.15. The van der Waals surface area contributed by atoms with E-state index in [4.69, 9.17) is 16.3 Å². The summed E-state index contributed by atoms with van der Waals surface area (Å²) >= 11 is 7.25. The number of ketones is 1. The van der Waals surface area contributed by atoms with Gasteiger partial charge < -0.3 is 9.84 Å². The number of rotatable bonds is 3. The number of carbonyl (C=O) groups excluding carboxylic acids is 2. The number of benzene rings is 2. The zero-order valence-electron chi connectivity index (χ0n) is 17.2. The molecule has 3 heterocycles. The summed E-state index contributed by atoms with van der Waals surface area (Å²) in [6.07, 6.45) is 0.748. The summed E-state index contributed by atoms with van der Waals surface area (Å²) in [5.74, 6) is -1.02. The number of hydrogen-bond donors (Lipinski definition) is 1. The fourth-order valence-corrected chi connectivity index (χ4v) is 4.94. The van der Waals surface area contributed by atoms with E-state index in [1.54, 1.807) is 49.4 Å². The molecular formula is C23H18ClN3O4S. The van der Waals surface area contributed by atoms with E-state index in [9.17, 15) is 14.7 Å². The molecule has 1 amide bonds. The van der Waals surface area contributed by atoms with Crippen molar-refractivity contribution in [2.45, 2.75) is 32.4 Å². The molecule has 0 radical (unpaired) electrons. The molecule has 32 heavy (non-hydrogen) atoms. The third-order valence-electron chi connectivity index (χ3n) is 5.52. The molecule has 0 saturated carbocycles. The molecule has 9 heteroatoms. The molecule has 1 N–H and O–H groups in total. The van der Waals surface area contributed by atoms with Crippen LogP contribution in [0.15, 0.2) is 48.0 Å². The predicted octanol–water partition coefficient (Wildman–Crippen LogP) is 4.45. The number of aromatic nitrogens is 2. The van der Waals surface area contributed by atoms with Gasteiger partial charge in [0.15, 0.2) is 0 Å². The lowest BCUT2D eigenvalue weighted by Crippen LogP contribution is -2.29. The summed E-state index contributed by atoms with van der Waals surface area (Å²) in [5, 5.41) is 20.8. The van der Waals surface area contributed by atoms with E-state index in [1.807, 2.05) is 6.92 Å². The maximum atomic E-state index is 13.1. The summed E-state index contributed by atoms with van der Waals surface area (Å²) < 4.78 is 5.73. The Kier molecular flexibility index (Phi) is 4.98. The number of Topliss-reactive ketones (excluding diaryl/α,β-unsaturated/α-hetero) is 1. The van der Waals surface area contributed by atoms with Gasteiger partial charge in [0.25, 0.3) is 5.78 Å². The minimum Gasteiger partial charge on any atom is -0.507 e. The van der Waals surface area contributed by atoms with Crippen molar-refractivity contribution < 1.29 is 19.4 Å². The standard InChI is InChI=1S/C23H18ClN3O4S/c1-11-9-15-10-14(5-8-17(15)31-11)20(28)18-19(13-3-6-16(24)7-4-13)27(22(30)21(18)29)23-26-25-12(2)32-23/h3-8,10-11,19,28H,9H2,1-2H3/t11-,19-/m0/s1. The van der Waals surface area contributed by atoms with E-state index in [0.717, 1.165) is 11.3 Å². The van der Waals surface area contributed by atoms with Crippen molar-refractivity contribution in [3.63, 3.8) is 0 Å². The number of amides is 1. The Morgan fingerprint density at radius 2 is 1.94 bits per heavy atom. The zero-order valence-corrected chi connectivity index (χ0v) is 18.8. The largest absolute Gasteiger partial charge is 0.507 e. The number of halogens is 1. The van der Waals surface area contributed by atoms with Crippen LogP contribution in [-0.2, 0) is 16.0 Å². The monoisotopic (exact) mass is 467 g/mol. The second-order valence-electron chi connectivity index (χ2n) is 7.78. The molecule has 0 unspecified atom stereocenters. The number of aliphatic hydroxyl groups is 1. The van der Waals surface area contributed by atoms with Crippen molar-refractivity contribution in [3.8, 4) is 5.75 Å². The number of aliphatic hydroxyl groups excluding tert-OH is 1. The maximum absolute atomic E-state index is 13.1. The average Bonchev–Trinajstić information content (AvgIpc) is 3.43. The maximum Gasteiger partial charge on any atom is 0.301 e. The molecule has 0 bridgehead atoms. The lowest BCUT2D eigenvalue weighted by molar-refractivity contribution is -0.132. The quantitative estimate of drug-likeness (QED) is 0.347. The third-order valence-corrected chi connectivity index (χ3v) is 6.61. The van der Waals surface area contributed by atoms with Crippen LogP contribution in [0.3, 0.4) is 0 Å².